The molecule has 5 heteroatoms. The van der Waals surface area contributed by atoms with E-state index in [2.05, 4.69) is 11.9 Å². The molecular formula is C26H32N2O3. The fourth-order valence-corrected chi connectivity index (χ4v) is 6.94. The number of allylic oxidation sites excluding steroid dienone is 1. The zero-order valence-electron chi connectivity index (χ0n) is 18.3. The molecule has 0 aliphatic heterocycles. The van der Waals surface area contributed by atoms with Crippen molar-refractivity contribution in [3.8, 4) is 0 Å². The highest BCUT2D eigenvalue weighted by Crippen LogP contribution is 2.60. The Kier molecular flexibility index (Phi) is 4.95. The van der Waals surface area contributed by atoms with Crippen LogP contribution in [0.2, 0.25) is 0 Å². The highest BCUT2D eigenvalue weighted by molar-refractivity contribution is 6.02. The number of aliphatic hydroxyl groups excluding tert-OH is 1. The second-order valence-corrected chi connectivity index (χ2v) is 10.3. The van der Waals surface area contributed by atoms with Crippen LogP contribution in [0.15, 0.2) is 47.6 Å². The Morgan fingerprint density at radius 3 is 2.87 bits per heavy atom. The van der Waals surface area contributed by atoms with E-state index in [1.54, 1.807) is 25.3 Å². The zero-order valence-corrected chi connectivity index (χ0v) is 18.3. The quantitative estimate of drug-likeness (QED) is 0.621. The number of nitrogens with zero attached hydrogens (tertiary/aromatic N) is 1. The summed E-state index contributed by atoms with van der Waals surface area (Å²) >= 11 is 0. The van der Waals surface area contributed by atoms with Gasteiger partial charge in [0, 0.05) is 29.1 Å². The number of hydrogen-bond donors (Lipinski definition) is 2. The van der Waals surface area contributed by atoms with Gasteiger partial charge >= 0.3 is 0 Å². The first kappa shape index (κ1) is 20.3. The summed E-state index contributed by atoms with van der Waals surface area (Å²) < 4.78 is 1.47. The third-order valence-electron chi connectivity index (χ3n) is 8.32. The van der Waals surface area contributed by atoms with Gasteiger partial charge in [-0.25, -0.2) is 0 Å². The predicted molar refractivity (Wildman–Crippen MR) is 123 cm³/mol. The molecule has 5 atom stereocenters. The molecule has 1 amide bonds. The van der Waals surface area contributed by atoms with Crippen molar-refractivity contribution >= 4 is 22.4 Å². The number of carbonyl (C=O) groups excluding carboxylic acids is 1. The Morgan fingerprint density at radius 1 is 1.26 bits per heavy atom. The number of amides is 1. The molecule has 3 saturated carbocycles. The largest absolute Gasteiger partial charge is 0.511 e. The van der Waals surface area contributed by atoms with Gasteiger partial charge in [0.25, 0.3) is 5.56 Å². The lowest BCUT2D eigenvalue weighted by Crippen LogP contribution is -2.33. The lowest BCUT2D eigenvalue weighted by atomic mass is 9.65. The first-order chi connectivity index (χ1) is 14.8. The maximum absolute atomic E-state index is 13.2. The molecule has 5 rings (SSSR count). The normalized spacial score (nSPS) is 30.2. The molecule has 1 aromatic carbocycles. The van der Waals surface area contributed by atoms with Crippen LogP contribution >= 0.6 is 0 Å². The van der Waals surface area contributed by atoms with E-state index in [1.807, 2.05) is 12.1 Å². The summed E-state index contributed by atoms with van der Waals surface area (Å²) in [6.07, 6.45) is 11.2. The molecule has 1 heterocycles. The van der Waals surface area contributed by atoms with E-state index in [9.17, 15) is 14.7 Å². The van der Waals surface area contributed by atoms with Gasteiger partial charge in [0.05, 0.1) is 6.04 Å². The monoisotopic (exact) mass is 420 g/mol. The summed E-state index contributed by atoms with van der Waals surface area (Å²) in [5.41, 5.74) is 0.648. The van der Waals surface area contributed by atoms with Gasteiger partial charge in [-0.05, 0) is 80.4 Å². The van der Waals surface area contributed by atoms with Crippen LogP contribution in [0.25, 0.3) is 10.8 Å². The maximum Gasteiger partial charge on any atom is 0.259 e. The molecule has 2 N–H and O–H groups in total. The molecule has 4 unspecified atom stereocenters. The lowest BCUT2D eigenvalue weighted by molar-refractivity contribution is -0.119. The molecule has 0 radical (unpaired) electrons. The standard InChI is InChI=1S/C26H32N2O3/c1-16(17(2)29)28-10-8-21-22(25(28)31)6-3-7-23(21)27-24(30)15-26-9-4-5-19-11-18(13-26)12-20(19)14-26/h3,6-8,10,16,18-20,29H,2,4-5,9,11-15H2,1H3,(H,27,30)/t16-,18?,19?,20?,26?/m1/s1. The summed E-state index contributed by atoms with van der Waals surface area (Å²) in [5.74, 6) is 2.55. The minimum absolute atomic E-state index is 0.0581. The summed E-state index contributed by atoms with van der Waals surface area (Å²) in [5, 5.41) is 14.1. The Hall–Kier alpha value is -2.56. The van der Waals surface area contributed by atoms with E-state index >= 15 is 0 Å². The Bertz CT molecular complexity index is 1100. The van der Waals surface area contributed by atoms with Crippen LogP contribution in [-0.4, -0.2) is 15.6 Å². The van der Waals surface area contributed by atoms with Crippen molar-refractivity contribution in [1.29, 1.82) is 0 Å². The Labute approximate surface area is 183 Å². The van der Waals surface area contributed by atoms with Crippen LogP contribution in [0.5, 0.6) is 0 Å². The summed E-state index contributed by atoms with van der Waals surface area (Å²) in [6.45, 7) is 5.27. The van der Waals surface area contributed by atoms with Crippen molar-refractivity contribution < 1.29 is 9.90 Å². The van der Waals surface area contributed by atoms with Crippen LogP contribution in [-0.2, 0) is 4.79 Å². The molecule has 3 aliphatic rings. The summed E-state index contributed by atoms with van der Waals surface area (Å²) in [6, 6.07) is 6.76. The van der Waals surface area contributed by atoms with Crippen molar-refractivity contribution in [2.75, 3.05) is 5.32 Å². The number of hydrogen-bond acceptors (Lipinski definition) is 3. The minimum atomic E-state index is -0.505. The molecule has 1 aromatic heterocycles. The van der Waals surface area contributed by atoms with Crippen LogP contribution in [0.4, 0.5) is 5.69 Å². The average Bonchev–Trinajstić information content (AvgIpc) is 2.94. The zero-order chi connectivity index (χ0) is 21.8. The van der Waals surface area contributed by atoms with Gasteiger partial charge in [-0.1, -0.05) is 25.5 Å². The van der Waals surface area contributed by atoms with E-state index < -0.39 is 6.04 Å². The van der Waals surface area contributed by atoms with Crippen molar-refractivity contribution in [2.24, 2.45) is 23.2 Å². The number of rotatable bonds is 5. The molecule has 0 saturated heterocycles. The Morgan fingerprint density at radius 2 is 2.06 bits per heavy atom. The predicted octanol–water partition coefficient (Wildman–Crippen LogP) is 5.57. The molecule has 3 aliphatic carbocycles. The second-order valence-electron chi connectivity index (χ2n) is 10.3. The second kappa shape index (κ2) is 7.54. The van der Waals surface area contributed by atoms with Gasteiger partial charge in [-0.2, -0.15) is 0 Å². The van der Waals surface area contributed by atoms with Gasteiger partial charge in [0.15, 0.2) is 0 Å². The molecular weight excluding hydrogens is 388 g/mol. The molecule has 164 valence electrons. The van der Waals surface area contributed by atoms with Crippen LogP contribution < -0.4 is 10.9 Å². The molecule has 5 nitrogen and oxygen atoms in total. The fraction of sp³-hybridized carbons (Fsp3) is 0.538. The first-order valence-corrected chi connectivity index (χ1v) is 11.7. The van der Waals surface area contributed by atoms with E-state index in [1.165, 1.54) is 49.5 Å². The van der Waals surface area contributed by atoms with Gasteiger partial charge in [-0.15, -0.1) is 0 Å². The van der Waals surface area contributed by atoms with Crippen LogP contribution in [0.1, 0.15) is 64.3 Å². The minimum Gasteiger partial charge on any atom is -0.511 e. The van der Waals surface area contributed by atoms with Crippen LogP contribution in [0, 0.1) is 23.2 Å². The molecule has 3 fully saturated rings. The topological polar surface area (TPSA) is 71.3 Å². The van der Waals surface area contributed by atoms with Gasteiger partial charge in [0.1, 0.15) is 5.76 Å². The van der Waals surface area contributed by atoms with Gasteiger partial charge < -0.3 is 15.0 Å². The smallest absolute Gasteiger partial charge is 0.259 e. The number of carbonyl (C=O) groups is 1. The highest BCUT2D eigenvalue weighted by Gasteiger charge is 2.50. The summed E-state index contributed by atoms with van der Waals surface area (Å²) in [7, 11) is 0. The Balaban J connectivity index is 1.39. The van der Waals surface area contributed by atoms with Crippen molar-refractivity contribution in [3.05, 3.63) is 53.2 Å². The first-order valence-electron chi connectivity index (χ1n) is 11.7. The molecule has 0 spiro atoms. The number of nitrogens with one attached hydrogen (secondary N) is 1. The number of anilines is 1. The van der Waals surface area contributed by atoms with Gasteiger partial charge in [0.2, 0.25) is 5.91 Å². The maximum atomic E-state index is 13.2. The van der Waals surface area contributed by atoms with E-state index in [0.29, 0.717) is 17.5 Å². The highest BCUT2D eigenvalue weighted by atomic mass is 16.3. The third kappa shape index (κ3) is 3.58. The van der Waals surface area contributed by atoms with Crippen molar-refractivity contribution in [2.45, 2.75) is 64.3 Å². The number of benzene rings is 1. The average molecular weight is 421 g/mol. The lowest BCUT2D eigenvalue weighted by Gasteiger charge is -2.40. The number of pyridine rings is 1. The number of aromatic nitrogens is 1. The number of aliphatic hydroxyl groups is 1. The van der Waals surface area contributed by atoms with Gasteiger partial charge in [-0.3, -0.25) is 9.59 Å². The third-order valence-corrected chi connectivity index (χ3v) is 8.32. The van der Waals surface area contributed by atoms with E-state index in [0.717, 1.165) is 23.1 Å². The van der Waals surface area contributed by atoms with E-state index in [4.69, 9.17) is 0 Å². The fourth-order valence-electron chi connectivity index (χ4n) is 6.94. The summed E-state index contributed by atoms with van der Waals surface area (Å²) in [4.78, 5) is 26.1. The molecule has 3 bridgehead atoms. The number of fused-ring (bicyclic) bond motifs is 3. The molecule has 2 aromatic rings. The van der Waals surface area contributed by atoms with Crippen molar-refractivity contribution in [1.82, 2.24) is 4.57 Å². The molecule has 31 heavy (non-hydrogen) atoms. The van der Waals surface area contributed by atoms with Crippen molar-refractivity contribution in [3.63, 3.8) is 0 Å². The SMILES string of the molecule is C=C(O)[C@@H](C)n1ccc2c(NC(=O)CC34CCCC5CC(CC5C3)C4)cccc2c1=O. The van der Waals surface area contributed by atoms with Crippen LogP contribution in [0.3, 0.4) is 0 Å². The van der Waals surface area contributed by atoms with E-state index in [-0.39, 0.29) is 22.6 Å².